The summed E-state index contributed by atoms with van der Waals surface area (Å²) in [6.45, 7) is 4.77. The Morgan fingerprint density at radius 1 is 1.32 bits per heavy atom. The van der Waals surface area contributed by atoms with Crippen molar-refractivity contribution in [3.8, 4) is 0 Å². The summed E-state index contributed by atoms with van der Waals surface area (Å²) >= 11 is 1.26. The third-order valence-corrected chi connectivity index (χ3v) is 6.34. The third kappa shape index (κ3) is 3.54. The highest BCUT2D eigenvalue weighted by Gasteiger charge is 2.49. The zero-order valence-electron chi connectivity index (χ0n) is 14.6. The van der Waals surface area contributed by atoms with Gasteiger partial charge in [0.05, 0.1) is 11.2 Å². The molecule has 1 atom stereocenters. The van der Waals surface area contributed by atoms with Gasteiger partial charge in [0.2, 0.25) is 17.7 Å². The van der Waals surface area contributed by atoms with Gasteiger partial charge in [0.1, 0.15) is 0 Å². The molecule has 8 heteroatoms. The summed E-state index contributed by atoms with van der Waals surface area (Å²) in [4.78, 5) is 29.4. The second-order valence-corrected chi connectivity index (χ2v) is 8.45. The fourth-order valence-electron chi connectivity index (χ4n) is 3.95. The van der Waals surface area contributed by atoms with E-state index in [1.165, 1.54) is 24.6 Å². The van der Waals surface area contributed by atoms with Crippen LogP contribution in [0.5, 0.6) is 0 Å². The largest absolute Gasteiger partial charge is 0.416 e. The van der Waals surface area contributed by atoms with Gasteiger partial charge in [0.25, 0.3) is 5.22 Å². The fraction of sp³-hybridized carbons (Fsp3) is 0.765. The highest BCUT2D eigenvalue weighted by Crippen LogP contribution is 2.41. The Bertz CT molecular complexity index is 675. The summed E-state index contributed by atoms with van der Waals surface area (Å²) in [6, 6.07) is 0. The summed E-state index contributed by atoms with van der Waals surface area (Å²) in [6.07, 6.45) is 5.27. The van der Waals surface area contributed by atoms with Crippen LogP contribution in [0, 0.1) is 18.3 Å². The average Bonchev–Trinajstić information content (AvgIpc) is 3.15. The van der Waals surface area contributed by atoms with Crippen molar-refractivity contribution < 1.29 is 14.0 Å². The lowest BCUT2D eigenvalue weighted by molar-refractivity contribution is -0.146. The van der Waals surface area contributed by atoms with Crippen LogP contribution in [0.4, 0.5) is 0 Å². The first-order valence-corrected chi connectivity index (χ1v) is 10.0. The Morgan fingerprint density at radius 3 is 2.88 bits per heavy atom. The molecule has 0 bridgehead atoms. The summed E-state index contributed by atoms with van der Waals surface area (Å²) in [5, 5.41) is 8.08. The van der Waals surface area contributed by atoms with E-state index in [9.17, 15) is 9.59 Å². The minimum absolute atomic E-state index is 0.0462. The lowest BCUT2D eigenvalue weighted by Crippen LogP contribution is -2.51. The maximum atomic E-state index is 13.0. The van der Waals surface area contributed by atoms with E-state index in [-0.39, 0.29) is 23.0 Å². The van der Waals surface area contributed by atoms with Crippen LogP contribution in [-0.2, 0) is 9.59 Å². The van der Waals surface area contributed by atoms with Crippen LogP contribution in [0.1, 0.15) is 38.0 Å². The van der Waals surface area contributed by atoms with Crippen LogP contribution in [0.15, 0.2) is 9.64 Å². The van der Waals surface area contributed by atoms with E-state index in [0.29, 0.717) is 30.1 Å². The van der Waals surface area contributed by atoms with Gasteiger partial charge in [-0.3, -0.25) is 9.59 Å². The van der Waals surface area contributed by atoms with Gasteiger partial charge in [0.15, 0.2) is 0 Å². The standard InChI is InChI=1S/C17H24N4O3S/c1-12-18-19-16(24-12)25-10-14(22)21-8-6-17(11-21)5-2-7-20(15(17)23)9-13-3-4-13/h13H,2-11H2,1H3/t17-/m1/s1. The van der Waals surface area contributed by atoms with E-state index in [1.54, 1.807) is 6.92 Å². The van der Waals surface area contributed by atoms with Crippen LogP contribution in [0.3, 0.4) is 0 Å². The van der Waals surface area contributed by atoms with Gasteiger partial charge in [0, 0.05) is 33.1 Å². The predicted octanol–water partition coefficient (Wildman–Crippen LogP) is 1.72. The Morgan fingerprint density at radius 2 is 2.16 bits per heavy atom. The number of carbonyl (C=O) groups is 2. The molecular weight excluding hydrogens is 340 g/mol. The second-order valence-electron chi connectivity index (χ2n) is 7.52. The molecule has 0 aromatic carbocycles. The SMILES string of the molecule is Cc1nnc(SCC(=O)N2CC[C@]3(CCCN(CC4CC4)C3=O)C2)o1. The number of aryl methyl sites for hydroxylation is 1. The quantitative estimate of drug-likeness (QED) is 0.740. The molecule has 25 heavy (non-hydrogen) atoms. The smallest absolute Gasteiger partial charge is 0.277 e. The number of likely N-dealkylation sites (tertiary alicyclic amines) is 2. The van der Waals surface area contributed by atoms with Gasteiger partial charge in [-0.1, -0.05) is 11.8 Å². The zero-order valence-corrected chi connectivity index (χ0v) is 15.4. The third-order valence-electron chi connectivity index (χ3n) is 5.53. The molecule has 1 saturated carbocycles. The van der Waals surface area contributed by atoms with Crippen LogP contribution in [0.25, 0.3) is 0 Å². The maximum absolute atomic E-state index is 13.0. The molecule has 1 aromatic rings. The molecule has 1 aromatic heterocycles. The Labute approximate surface area is 151 Å². The lowest BCUT2D eigenvalue weighted by atomic mass is 9.78. The molecule has 3 heterocycles. The van der Waals surface area contributed by atoms with Gasteiger partial charge in [-0.05, 0) is 38.0 Å². The first-order valence-electron chi connectivity index (χ1n) is 9.06. The van der Waals surface area contributed by atoms with E-state index in [1.807, 2.05) is 4.90 Å². The zero-order chi connectivity index (χ0) is 17.4. The number of nitrogens with zero attached hydrogens (tertiary/aromatic N) is 4. The Kier molecular flexibility index (Phi) is 4.47. The molecule has 3 aliphatic rings. The minimum Gasteiger partial charge on any atom is -0.416 e. The number of piperidine rings is 1. The number of carbonyl (C=O) groups excluding carboxylic acids is 2. The second kappa shape index (κ2) is 6.63. The van der Waals surface area contributed by atoms with Crippen molar-refractivity contribution in [2.24, 2.45) is 11.3 Å². The van der Waals surface area contributed by atoms with Crippen LogP contribution < -0.4 is 0 Å². The van der Waals surface area contributed by atoms with E-state index in [2.05, 4.69) is 15.1 Å². The molecule has 2 saturated heterocycles. The molecule has 0 N–H and O–H groups in total. The number of aromatic nitrogens is 2. The van der Waals surface area contributed by atoms with Crippen LogP contribution in [-0.4, -0.2) is 63.7 Å². The van der Waals surface area contributed by atoms with E-state index >= 15 is 0 Å². The summed E-state index contributed by atoms with van der Waals surface area (Å²) in [5.41, 5.74) is -0.339. The van der Waals surface area contributed by atoms with Crippen molar-refractivity contribution in [1.82, 2.24) is 20.0 Å². The molecule has 0 unspecified atom stereocenters. The van der Waals surface area contributed by atoms with Crippen LogP contribution in [0.2, 0.25) is 0 Å². The molecular formula is C17H24N4O3S. The van der Waals surface area contributed by atoms with Gasteiger partial charge in [-0.15, -0.1) is 10.2 Å². The highest BCUT2D eigenvalue weighted by molar-refractivity contribution is 7.99. The van der Waals surface area contributed by atoms with E-state index in [4.69, 9.17) is 4.42 Å². The van der Waals surface area contributed by atoms with E-state index in [0.717, 1.165) is 32.4 Å². The summed E-state index contributed by atoms with van der Waals surface area (Å²) in [7, 11) is 0. The number of thioether (sulfide) groups is 1. The number of hydrogen-bond donors (Lipinski definition) is 0. The van der Waals surface area contributed by atoms with Crippen molar-refractivity contribution in [3.63, 3.8) is 0 Å². The normalized spacial score (nSPS) is 26.7. The topological polar surface area (TPSA) is 79.5 Å². The van der Waals surface area contributed by atoms with Crippen molar-refractivity contribution in [2.45, 2.75) is 44.3 Å². The Balaban J connectivity index is 1.34. The van der Waals surface area contributed by atoms with Crippen molar-refractivity contribution in [3.05, 3.63) is 5.89 Å². The first kappa shape index (κ1) is 16.9. The number of hydrogen-bond acceptors (Lipinski definition) is 6. The first-order chi connectivity index (χ1) is 12.1. The molecule has 3 fully saturated rings. The fourth-order valence-corrected chi connectivity index (χ4v) is 4.66. The van der Waals surface area contributed by atoms with Gasteiger partial charge < -0.3 is 14.2 Å². The maximum Gasteiger partial charge on any atom is 0.277 e. The van der Waals surface area contributed by atoms with Crippen molar-refractivity contribution in [1.29, 1.82) is 0 Å². The predicted molar refractivity (Wildman–Crippen MR) is 91.9 cm³/mol. The van der Waals surface area contributed by atoms with Gasteiger partial charge in [-0.2, -0.15) is 0 Å². The average molecular weight is 364 g/mol. The molecule has 1 aliphatic carbocycles. The molecule has 2 aliphatic heterocycles. The lowest BCUT2D eigenvalue weighted by Gasteiger charge is -2.39. The molecule has 0 radical (unpaired) electrons. The van der Waals surface area contributed by atoms with Gasteiger partial charge in [-0.25, -0.2) is 0 Å². The molecule has 4 rings (SSSR count). The number of amides is 2. The molecule has 7 nitrogen and oxygen atoms in total. The monoisotopic (exact) mass is 364 g/mol. The molecule has 2 amide bonds. The molecule has 136 valence electrons. The molecule has 1 spiro atoms. The van der Waals surface area contributed by atoms with E-state index < -0.39 is 0 Å². The van der Waals surface area contributed by atoms with Crippen LogP contribution >= 0.6 is 11.8 Å². The minimum atomic E-state index is -0.339. The summed E-state index contributed by atoms with van der Waals surface area (Å²) in [5.74, 6) is 1.81. The van der Waals surface area contributed by atoms with Crippen molar-refractivity contribution >= 4 is 23.6 Å². The highest BCUT2D eigenvalue weighted by atomic mass is 32.2. The Hall–Kier alpha value is -1.57. The number of rotatable bonds is 5. The van der Waals surface area contributed by atoms with Crippen molar-refractivity contribution in [2.75, 3.05) is 31.9 Å². The summed E-state index contributed by atoms with van der Waals surface area (Å²) < 4.78 is 5.29. The van der Waals surface area contributed by atoms with Gasteiger partial charge >= 0.3 is 0 Å².